The Morgan fingerprint density at radius 1 is 1.34 bits per heavy atom. The number of pyridine rings is 1. The molecule has 2 heterocycles. The predicted molar refractivity (Wildman–Crippen MR) is 105 cm³/mol. The third kappa shape index (κ3) is 4.58. The minimum absolute atomic E-state index is 0.0105. The van der Waals surface area contributed by atoms with E-state index in [2.05, 4.69) is 43.5 Å². The fourth-order valence-corrected chi connectivity index (χ4v) is 3.34. The van der Waals surface area contributed by atoms with Gasteiger partial charge in [0.05, 0.1) is 24.2 Å². The van der Waals surface area contributed by atoms with Crippen molar-refractivity contribution in [1.29, 1.82) is 5.26 Å². The van der Waals surface area contributed by atoms with Gasteiger partial charge in [-0.3, -0.25) is 14.5 Å². The Morgan fingerprint density at radius 2 is 2.07 bits per heavy atom. The normalized spacial score (nSPS) is 13.7. The number of fused-ring (bicyclic) bond motifs is 1. The molecule has 7 nitrogen and oxygen atoms in total. The summed E-state index contributed by atoms with van der Waals surface area (Å²) in [4.78, 5) is 16.1. The molecule has 150 valence electrons. The molecule has 3 rings (SSSR count). The number of nitrogens with zero attached hydrogens (tertiary/aromatic N) is 4. The van der Waals surface area contributed by atoms with E-state index in [1.54, 1.807) is 18.5 Å². The van der Waals surface area contributed by atoms with Gasteiger partial charge in [-0.2, -0.15) is 10.4 Å². The summed E-state index contributed by atoms with van der Waals surface area (Å²) in [6, 6.07) is 6.94. The monoisotopic (exact) mass is 515 g/mol. The van der Waals surface area contributed by atoms with E-state index in [0.29, 0.717) is 11.0 Å². The second kappa shape index (κ2) is 7.51. The third-order valence-corrected chi connectivity index (χ3v) is 4.77. The number of rotatable bonds is 5. The number of carbonyl (C=O) groups is 1. The highest BCUT2D eigenvalue weighted by atomic mass is 127. The Bertz CT molecular complexity index is 1140. The van der Waals surface area contributed by atoms with Gasteiger partial charge >= 0.3 is 6.36 Å². The van der Waals surface area contributed by atoms with Crippen LogP contribution in [-0.2, 0) is 12.0 Å². The number of amides is 1. The lowest BCUT2D eigenvalue weighted by molar-refractivity contribution is -0.274. The van der Waals surface area contributed by atoms with E-state index in [0.717, 1.165) is 21.8 Å². The molecular weight excluding hydrogens is 502 g/mol. The van der Waals surface area contributed by atoms with Crippen molar-refractivity contribution in [3.8, 4) is 11.8 Å². The highest BCUT2D eigenvalue weighted by Crippen LogP contribution is 2.33. The number of primary amides is 1. The Kier molecular flexibility index (Phi) is 5.40. The summed E-state index contributed by atoms with van der Waals surface area (Å²) in [5, 5.41) is 14.2. The van der Waals surface area contributed by atoms with E-state index >= 15 is 0 Å². The van der Waals surface area contributed by atoms with Crippen molar-refractivity contribution in [1.82, 2.24) is 14.8 Å². The summed E-state index contributed by atoms with van der Waals surface area (Å²) in [7, 11) is 0. The van der Waals surface area contributed by atoms with Gasteiger partial charge in [0.25, 0.3) is 0 Å². The summed E-state index contributed by atoms with van der Waals surface area (Å²) in [5.41, 5.74) is 5.07. The minimum Gasteiger partial charge on any atom is -0.406 e. The maximum Gasteiger partial charge on any atom is 0.573 e. The molecule has 29 heavy (non-hydrogen) atoms. The number of alkyl halides is 3. The zero-order valence-electron chi connectivity index (χ0n) is 14.9. The SMILES string of the molecule is CC(C#N)(Cn1cc2ncc(I)cc2n1)c1cc(OC(F)(F)F)ccc1C(N)=O. The quantitative estimate of drug-likeness (QED) is 0.524. The highest BCUT2D eigenvalue weighted by Gasteiger charge is 2.35. The van der Waals surface area contributed by atoms with Crippen molar-refractivity contribution in [2.45, 2.75) is 25.2 Å². The number of ether oxygens (including phenoxy) is 1. The van der Waals surface area contributed by atoms with Crippen molar-refractivity contribution in [2.24, 2.45) is 5.73 Å². The van der Waals surface area contributed by atoms with Gasteiger partial charge in [0.2, 0.25) is 5.91 Å². The van der Waals surface area contributed by atoms with Crippen LogP contribution < -0.4 is 10.5 Å². The zero-order chi connectivity index (χ0) is 21.4. The maximum absolute atomic E-state index is 12.6. The third-order valence-electron chi connectivity index (χ3n) is 4.18. The van der Waals surface area contributed by atoms with Crippen LogP contribution in [0.4, 0.5) is 13.2 Å². The molecule has 0 aliphatic rings. The topological polar surface area (TPSA) is 107 Å². The van der Waals surface area contributed by atoms with Crippen LogP contribution in [0.2, 0.25) is 0 Å². The number of halogens is 4. The average Bonchev–Trinajstić information content (AvgIpc) is 3.01. The summed E-state index contributed by atoms with van der Waals surface area (Å²) in [6.07, 6.45) is -1.65. The van der Waals surface area contributed by atoms with Crippen LogP contribution in [0.15, 0.2) is 36.7 Å². The molecule has 3 aromatic rings. The molecule has 1 aromatic carbocycles. The molecule has 0 bridgehead atoms. The van der Waals surface area contributed by atoms with Crippen LogP contribution in [-0.4, -0.2) is 27.0 Å². The fourth-order valence-electron chi connectivity index (χ4n) is 2.90. The number of hydrogen-bond acceptors (Lipinski definition) is 5. The second-order valence-corrected chi connectivity index (χ2v) is 7.69. The van der Waals surface area contributed by atoms with Crippen LogP contribution in [0.3, 0.4) is 0 Å². The molecule has 1 atom stereocenters. The fraction of sp³-hybridized carbons (Fsp3) is 0.222. The molecule has 0 saturated heterocycles. The minimum atomic E-state index is -4.92. The van der Waals surface area contributed by atoms with E-state index in [1.807, 2.05) is 0 Å². The van der Waals surface area contributed by atoms with Crippen LogP contribution in [0.5, 0.6) is 5.75 Å². The van der Waals surface area contributed by atoms with Crippen molar-refractivity contribution >= 4 is 39.5 Å². The Morgan fingerprint density at radius 3 is 2.69 bits per heavy atom. The second-order valence-electron chi connectivity index (χ2n) is 6.45. The molecule has 0 fully saturated rings. The van der Waals surface area contributed by atoms with Gasteiger partial charge in [-0.1, -0.05) is 0 Å². The summed E-state index contributed by atoms with van der Waals surface area (Å²) in [5.74, 6) is -1.43. The first-order valence-corrected chi connectivity index (χ1v) is 9.19. The molecule has 0 radical (unpaired) electrons. The van der Waals surface area contributed by atoms with Gasteiger partial charge in [0.15, 0.2) is 0 Å². The van der Waals surface area contributed by atoms with E-state index in [1.165, 1.54) is 11.6 Å². The number of nitrogens with two attached hydrogens (primary N) is 1. The Labute approximate surface area is 176 Å². The molecule has 0 aliphatic heterocycles. The van der Waals surface area contributed by atoms with E-state index in [9.17, 15) is 23.2 Å². The lowest BCUT2D eigenvalue weighted by Gasteiger charge is -2.25. The first kappa shape index (κ1) is 20.8. The maximum atomic E-state index is 12.6. The smallest absolute Gasteiger partial charge is 0.406 e. The molecule has 2 aromatic heterocycles. The van der Waals surface area contributed by atoms with Crippen molar-refractivity contribution < 1.29 is 22.7 Å². The number of carbonyl (C=O) groups excluding carboxylic acids is 1. The number of aromatic nitrogens is 3. The van der Waals surface area contributed by atoms with E-state index in [4.69, 9.17) is 5.73 Å². The first-order valence-electron chi connectivity index (χ1n) is 8.11. The summed E-state index contributed by atoms with van der Waals surface area (Å²) >= 11 is 2.09. The molecule has 2 N–H and O–H groups in total. The Balaban J connectivity index is 2.06. The lowest BCUT2D eigenvalue weighted by atomic mass is 9.80. The molecule has 0 aliphatic carbocycles. The predicted octanol–water partition coefficient (Wildman–Crippen LogP) is 3.51. The van der Waals surface area contributed by atoms with Crippen LogP contribution in [0.25, 0.3) is 11.0 Å². The standard InChI is InChI=1S/C18H13F3IN5O2/c1-17(8-23,9-27-7-15-14(26-27)4-10(22)6-25-15)13-5-11(29-18(19,20)21)2-3-12(13)16(24)28/h2-7H,9H2,1H3,(H2,24,28). The van der Waals surface area contributed by atoms with Crippen molar-refractivity contribution in [2.75, 3.05) is 0 Å². The molecule has 0 spiro atoms. The number of hydrogen-bond donors (Lipinski definition) is 1. The van der Waals surface area contributed by atoms with Gasteiger partial charge in [0, 0.05) is 15.3 Å². The zero-order valence-corrected chi connectivity index (χ0v) is 17.0. The molecule has 1 amide bonds. The lowest BCUT2D eigenvalue weighted by Crippen LogP contribution is -2.30. The summed E-state index contributed by atoms with van der Waals surface area (Å²) < 4.78 is 44.1. The largest absolute Gasteiger partial charge is 0.573 e. The van der Waals surface area contributed by atoms with Crippen LogP contribution in [0, 0.1) is 14.9 Å². The average molecular weight is 515 g/mol. The van der Waals surface area contributed by atoms with Crippen LogP contribution >= 0.6 is 22.6 Å². The van der Waals surface area contributed by atoms with Crippen LogP contribution in [0.1, 0.15) is 22.8 Å². The van der Waals surface area contributed by atoms with Crippen molar-refractivity contribution in [3.63, 3.8) is 0 Å². The van der Waals surface area contributed by atoms with Gasteiger partial charge in [-0.05, 0) is 59.3 Å². The number of nitriles is 1. The molecule has 1 unspecified atom stereocenters. The highest BCUT2D eigenvalue weighted by molar-refractivity contribution is 14.1. The van der Waals surface area contributed by atoms with Crippen molar-refractivity contribution in [3.05, 3.63) is 51.4 Å². The van der Waals surface area contributed by atoms with E-state index in [-0.39, 0.29) is 17.7 Å². The molecule has 0 saturated carbocycles. The number of benzene rings is 1. The van der Waals surface area contributed by atoms with Gasteiger partial charge in [-0.25, -0.2) is 0 Å². The molecular formula is C18H13F3IN5O2. The van der Waals surface area contributed by atoms with Gasteiger partial charge in [0.1, 0.15) is 16.8 Å². The summed E-state index contributed by atoms with van der Waals surface area (Å²) in [6.45, 7) is 1.43. The first-order chi connectivity index (χ1) is 13.5. The van der Waals surface area contributed by atoms with Gasteiger partial charge < -0.3 is 10.5 Å². The Hall–Kier alpha value is -2.88. The van der Waals surface area contributed by atoms with E-state index < -0.39 is 23.4 Å². The van der Waals surface area contributed by atoms with Gasteiger partial charge in [-0.15, -0.1) is 13.2 Å². The molecule has 11 heteroatoms.